The highest BCUT2D eigenvalue weighted by Crippen LogP contribution is 2.15. The Balaban J connectivity index is 2.26. The Kier molecular flexibility index (Phi) is 7.41. The Morgan fingerprint density at radius 1 is 1.00 bits per heavy atom. The topological polar surface area (TPSA) is 72.5 Å². The highest BCUT2D eigenvalue weighted by molar-refractivity contribution is 7.98. The average molecular weight is 371 g/mol. The lowest BCUT2D eigenvalue weighted by molar-refractivity contribution is -0.142. The lowest BCUT2D eigenvalue weighted by Crippen LogP contribution is -2.42. The van der Waals surface area contributed by atoms with Crippen molar-refractivity contribution in [2.75, 3.05) is 19.1 Å². The minimum absolute atomic E-state index is 0.236. The van der Waals surface area contributed by atoms with E-state index in [1.54, 1.807) is 60.3 Å². The molecule has 2 aromatic rings. The first-order valence-electron chi connectivity index (χ1n) is 8.15. The molecule has 1 atom stereocenters. The fraction of sp³-hybridized carbons (Fsp3) is 0.250. The van der Waals surface area contributed by atoms with Gasteiger partial charge in [0.15, 0.2) is 5.78 Å². The number of rotatable bonds is 8. The summed E-state index contributed by atoms with van der Waals surface area (Å²) in [5, 5.41) is 2.69. The van der Waals surface area contributed by atoms with Gasteiger partial charge in [0, 0.05) is 11.1 Å². The van der Waals surface area contributed by atoms with Gasteiger partial charge < -0.3 is 10.1 Å². The molecule has 5 nitrogen and oxygen atoms in total. The maximum absolute atomic E-state index is 12.7. The third-order valence-corrected chi connectivity index (χ3v) is 4.50. The Morgan fingerprint density at radius 3 is 2.23 bits per heavy atom. The standard InChI is InChI=1S/C20H21NO4S/c1-25-20(24)17(12-13-26-2)21-19(23)16-11-7-6-10-15(16)18(22)14-8-4-3-5-9-14/h3-11,17H,12-13H2,1-2H3,(H,21,23)/t17-/m1/s1. The quantitative estimate of drug-likeness (QED) is 0.571. The lowest BCUT2D eigenvalue weighted by Gasteiger charge is -2.17. The van der Waals surface area contributed by atoms with Crippen molar-refractivity contribution in [2.24, 2.45) is 0 Å². The van der Waals surface area contributed by atoms with Gasteiger partial charge in [0.1, 0.15) is 6.04 Å². The molecular weight excluding hydrogens is 350 g/mol. The van der Waals surface area contributed by atoms with Gasteiger partial charge in [-0.25, -0.2) is 4.79 Å². The van der Waals surface area contributed by atoms with Crippen molar-refractivity contribution in [1.29, 1.82) is 0 Å². The van der Waals surface area contributed by atoms with E-state index in [1.165, 1.54) is 7.11 Å². The second kappa shape index (κ2) is 9.77. The van der Waals surface area contributed by atoms with Crippen LogP contribution in [0, 0.1) is 0 Å². The van der Waals surface area contributed by atoms with E-state index < -0.39 is 17.9 Å². The number of ether oxygens (including phenoxy) is 1. The van der Waals surface area contributed by atoms with Gasteiger partial charge in [-0.05, 0) is 24.5 Å². The molecule has 0 aliphatic carbocycles. The zero-order valence-corrected chi connectivity index (χ0v) is 15.5. The number of carbonyl (C=O) groups is 3. The molecule has 1 N–H and O–H groups in total. The van der Waals surface area contributed by atoms with Crippen LogP contribution in [0.15, 0.2) is 54.6 Å². The Morgan fingerprint density at radius 2 is 1.62 bits per heavy atom. The van der Waals surface area contributed by atoms with Gasteiger partial charge in [-0.2, -0.15) is 11.8 Å². The second-order valence-corrected chi connectivity index (χ2v) is 6.56. The first-order chi connectivity index (χ1) is 12.6. The van der Waals surface area contributed by atoms with E-state index in [-0.39, 0.29) is 11.3 Å². The van der Waals surface area contributed by atoms with Crippen molar-refractivity contribution in [3.63, 3.8) is 0 Å². The van der Waals surface area contributed by atoms with Crippen LogP contribution in [0.4, 0.5) is 0 Å². The van der Waals surface area contributed by atoms with Crippen LogP contribution >= 0.6 is 11.8 Å². The van der Waals surface area contributed by atoms with E-state index in [0.717, 1.165) is 0 Å². The Hall–Kier alpha value is -2.60. The van der Waals surface area contributed by atoms with Crippen LogP contribution in [0.1, 0.15) is 32.7 Å². The van der Waals surface area contributed by atoms with Crippen molar-refractivity contribution in [2.45, 2.75) is 12.5 Å². The number of amides is 1. The van der Waals surface area contributed by atoms with Gasteiger partial charge in [0.25, 0.3) is 5.91 Å². The fourth-order valence-electron chi connectivity index (χ4n) is 2.49. The molecule has 0 saturated carbocycles. The number of esters is 1. The summed E-state index contributed by atoms with van der Waals surface area (Å²) >= 11 is 1.57. The number of carbonyl (C=O) groups excluding carboxylic acids is 3. The summed E-state index contributed by atoms with van der Waals surface area (Å²) in [4.78, 5) is 37.4. The second-order valence-electron chi connectivity index (χ2n) is 5.57. The monoisotopic (exact) mass is 371 g/mol. The number of hydrogen-bond donors (Lipinski definition) is 1. The first kappa shape index (κ1) is 19.7. The zero-order chi connectivity index (χ0) is 18.9. The molecule has 6 heteroatoms. The van der Waals surface area contributed by atoms with Crippen LogP contribution in [-0.2, 0) is 9.53 Å². The molecule has 0 heterocycles. The van der Waals surface area contributed by atoms with Crippen LogP contribution in [-0.4, -0.2) is 42.8 Å². The summed E-state index contributed by atoms with van der Waals surface area (Å²) in [5.74, 6) is -0.513. The number of hydrogen-bond acceptors (Lipinski definition) is 5. The number of benzene rings is 2. The minimum Gasteiger partial charge on any atom is -0.467 e. The van der Waals surface area contributed by atoms with Gasteiger partial charge in [0.05, 0.1) is 12.7 Å². The largest absolute Gasteiger partial charge is 0.467 e. The molecule has 0 aliphatic heterocycles. The summed E-state index contributed by atoms with van der Waals surface area (Å²) in [7, 11) is 1.29. The Labute approximate surface area is 157 Å². The lowest BCUT2D eigenvalue weighted by atomic mass is 9.97. The van der Waals surface area contributed by atoms with Gasteiger partial charge >= 0.3 is 5.97 Å². The third-order valence-electron chi connectivity index (χ3n) is 3.85. The maximum atomic E-state index is 12.7. The van der Waals surface area contributed by atoms with Crippen LogP contribution in [0.5, 0.6) is 0 Å². The van der Waals surface area contributed by atoms with E-state index >= 15 is 0 Å². The van der Waals surface area contributed by atoms with Gasteiger partial charge in [-0.15, -0.1) is 0 Å². The van der Waals surface area contributed by atoms with Gasteiger partial charge in [-0.3, -0.25) is 9.59 Å². The molecule has 0 aliphatic rings. The number of nitrogens with one attached hydrogen (secondary N) is 1. The predicted octanol–water partition coefficient (Wildman–Crippen LogP) is 2.94. The number of methoxy groups -OCH3 is 1. The molecule has 0 unspecified atom stereocenters. The van der Waals surface area contributed by atoms with E-state index in [0.29, 0.717) is 23.3 Å². The van der Waals surface area contributed by atoms with Crippen LogP contribution in [0.25, 0.3) is 0 Å². The summed E-state index contributed by atoms with van der Waals surface area (Å²) in [6.07, 6.45) is 2.37. The number of thioether (sulfide) groups is 1. The molecule has 0 fully saturated rings. The van der Waals surface area contributed by atoms with Crippen LogP contribution < -0.4 is 5.32 Å². The summed E-state index contributed by atoms with van der Waals surface area (Å²) in [6, 6.07) is 14.6. The van der Waals surface area contributed by atoms with Crippen LogP contribution in [0.2, 0.25) is 0 Å². The molecule has 0 saturated heterocycles. The average Bonchev–Trinajstić information content (AvgIpc) is 2.70. The van der Waals surface area contributed by atoms with Crippen molar-refractivity contribution >= 4 is 29.4 Å². The van der Waals surface area contributed by atoms with E-state index in [4.69, 9.17) is 4.74 Å². The summed E-state index contributed by atoms with van der Waals surface area (Å²) in [6.45, 7) is 0. The van der Waals surface area contributed by atoms with Crippen molar-refractivity contribution in [3.05, 3.63) is 71.3 Å². The highest BCUT2D eigenvalue weighted by atomic mass is 32.2. The molecule has 2 aromatic carbocycles. The molecule has 1 amide bonds. The Bertz CT molecular complexity index is 776. The maximum Gasteiger partial charge on any atom is 0.328 e. The predicted molar refractivity (Wildman–Crippen MR) is 103 cm³/mol. The summed E-state index contributed by atoms with van der Waals surface area (Å²) < 4.78 is 4.76. The van der Waals surface area contributed by atoms with E-state index in [2.05, 4.69) is 5.32 Å². The van der Waals surface area contributed by atoms with Gasteiger partial charge in [0.2, 0.25) is 0 Å². The molecule has 26 heavy (non-hydrogen) atoms. The third kappa shape index (κ3) is 4.95. The molecule has 0 bridgehead atoms. The van der Waals surface area contributed by atoms with Gasteiger partial charge in [-0.1, -0.05) is 48.5 Å². The molecule has 0 spiro atoms. The first-order valence-corrected chi connectivity index (χ1v) is 9.54. The van der Waals surface area contributed by atoms with E-state index in [9.17, 15) is 14.4 Å². The molecule has 2 rings (SSSR count). The highest BCUT2D eigenvalue weighted by Gasteiger charge is 2.24. The smallest absolute Gasteiger partial charge is 0.328 e. The molecular formula is C20H21NO4S. The normalized spacial score (nSPS) is 11.5. The fourth-order valence-corrected chi connectivity index (χ4v) is 2.96. The van der Waals surface area contributed by atoms with E-state index in [1.807, 2.05) is 12.3 Å². The van der Waals surface area contributed by atoms with Crippen molar-refractivity contribution < 1.29 is 19.1 Å². The molecule has 136 valence electrons. The minimum atomic E-state index is -0.750. The van der Waals surface area contributed by atoms with Crippen molar-refractivity contribution in [1.82, 2.24) is 5.32 Å². The summed E-state index contributed by atoms with van der Waals surface area (Å²) in [5.41, 5.74) is 1.03. The van der Waals surface area contributed by atoms with Crippen LogP contribution in [0.3, 0.4) is 0 Å². The number of ketones is 1. The zero-order valence-electron chi connectivity index (χ0n) is 14.7. The molecule has 0 radical (unpaired) electrons. The SMILES string of the molecule is COC(=O)[C@@H](CCSC)NC(=O)c1ccccc1C(=O)c1ccccc1. The molecule has 0 aromatic heterocycles. The van der Waals surface area contributed by atoms with Crippen molar-refractivity contribution in [3.8, 4) is 0 Å².